The van der Waals surface area contributed by atoms with Crippen LogP contribution in [0.15, 0.2) is 0 Å². The molecule has 41 heavy (non-hydrogen) atoms. The van der Waals surface area contributed by atoms with Crippen LogP contribution >= 0.6 is 0 Å². The van der Waals surface area contributed by atoms with Crippen molar-refractivity contribution >= 4 is 0 Å². The first-order valence-electron chi connectivity index (χ1n) is 20.1. The van der Waals surface area contributed by atoms with Crippen LogP contribution in [0.1, 0.15) is 251 Å². The Balaban J connectivity index is 3.03. The van der Waals surface area contributed by atoms with Gasteiger partial charge in [0.05, 0.1) is 0 Å². The van der Waals surface area contributed by atoms with Gasteiger partial charge in [-0.3, -0.25) is 0 Å². The third kappa shape index (κ3) is 40.0. The highest BCUT2D eigenvalue weighted by Gasteiger charge is 1.98. The van der Waals surface area contributed by atoms with E-state index in [1.165, 1.54) is 238 Å². The maximum absolute atomic E-state index is 4.08. The van der Waals surface area contributed by atoms with E-state index in [0.717, 1.165) is 0 Å². The summed E-state index contributed by atoms with van der Waals surface area (Å²) in [6.07, 6.45) is 54.6. The molecule has 0 N–H and O–H groups in total. The SMILES string of the molecule is [CH2]C(C)CCCCCCCCCCCCCCCCCCCCCCCCCCCCCCCCCCCCCC. The molecule has 0 saturated heterocycles. The van der Waals surface area contributed by atoms with Crippen molar-refractivity contribution in [1.29, 1.82) is 0 Å². The minimum atomic E-state index is 0.646. The molecule has 0 amide bonds. The summed E-state index contributed by atoms with van der Waals surface area (Å²) in [5.41, 5.74) is 0. The van der Waals surface area contributed by atoms with Crippen molar-refractivity contribution in [2.45, 2.75) is 251 Å². The van der Waals surface area contributed by atoms with Gasteiger partial charge in [-0.1, -0.05) is 258 Å². The molecule has 0 aliphatic rings. The minimum Gasteiger partial charge on any atom is -0.0654 e. The zero-order valence-corrected chi connectivity index (χ0v) is 29.4. The van der Waals surface area contributed by atoms with Crippen LogP contribution in [0.5, 0.6) is 0 Å². The van der Waals surface area contributed by atoms with E-state index < -0.39 is 0 Å². The van der Waals surface area contributed by atoms with Crippen molar-refractivity contribution < 1.29 is 0 Å². The second-order valence-electron chi connectivity index (χ2n) is 14.3. The molecule has 0 saturated carbocycles. The molecule has 0 aromatic heterocycles. The molecule has 0 aromatic rings. The fourth-order valence-electron chi connectivity index (χ4n) is 6.58. The third-order valence-corrected chi connectivity index (χ3v) is 9.55. The molecule has 0 bridgehead atoms. The lowest BCUT2D eigenvalue weighted by molar-refractivity contribution is 0.508. The van der Waals surface area contributed by atoms with Gasteiger partial charge in [-0.2, -0.15) is 0 Å². The molecule has 0 spiro atoms. The summed E-state index contributed by atoms with van der Waals surface area (Å²) in [6.45, 7) is 8.63. The van der Waals surface area contributed by atoms with Gasteiger partial charge >= 0.3 is 0 Å². The van der Waals surface area contributed by atoms with E-state index in [9.17, 15) is 0 Å². The fourth-order valence-corrected chi connectivity index (χ4v) is 6.58. The molecule has 0 heteroatoms. The summed E-state index contributed by atoms with van der Waals surface area (Å²) in [5.74, 6) is 0.646. The third-order valence-electron chi connectivity index (χ3n) is 9.55. The Morgan fingerprint density at radius 3 is 0.561 bits per heavy atom. The Morgan fingerprint density at radius 1 is 0.268 bits per heavy atom. The van der Waals surface area contributed by atoms with Crippen molar-refractivity contribution in [1.82, 2.24) is 0 Å². The van der Waals surface area contributed by atoms with Crippen molar-refractivity contribution in [3.8, 4) is 0 Å². The van der Waals surface area contributed by atoms with E-state index in [0.29, 0.717) is 5.92 Å². The van der Waals surface area contributed by atoms with E-state index >= 15 is 0 Å². The van der Waals surface area contributed by atoms with Crippen LogP contribution in [-0.2, 0) is 0 Å². The van der Waals surface area contributed by atoms with Crippen molar-refractivity contribution in [3.05, 3.63) is 6.92 Å². The summed E-state index contributed by atoms with van der Waals surface area (Å²) in [4.78, 5) is 0. The predicted octanol–water partition coefficient (Wildman–Crippen LogP) is 15.9. The second kappa shape index (κ2) is 38.0. The van der Waals surface area contributed by atoms with Gasteiger partial charge in [0.25, 0.3) is 0 Å². The van der Waals surface area contributed by atoms with Crippen LogP contribution < -0.4 is 0 Å². The molecule has 247 valence electrons. The van der Waals surface area contributed by atoms with Gasteiger partial charge < -0.3 is 0 Å². The molecule has 0 heterocycles. The molecular weight excluding hydrogens is 492 g/mol. The molecule has 0 aliphatic carbocycles. The normalized spacial score (nSPS) is 11.7. The van der Waals surface area contributed by atoms with E-state index in [1.807, 2.05) is 0 Å². The zero-order valence-electron chi connectivity index (χ0n) is 29.4. The molecule has 0 rings (SSSR count). The van der Waals surface area contributed by atoms with Crippen molar-refractivity contribution in [2.24, 2.45) is 5.92 Å². The average Bonchev–Trinajstić information content (AvgIpc) is 2.97. The van der Waals surface area contributed by atoms with Gasteiger partial charge in [0, 0.05) is 0 Å². The first-order valence-corrected chi connectivity index (χ1v) is 20.1. The van der Waals surface area contributed by atoms with Gasteiger partial charge in [0.2, 0.25) is 0 Å². The maximum atomic E-state index is 4.08. The van der Waals surface area contributed by atoms with Crippen LogP contribution in [0, 0.1) is 12.8 Å². The Bertz CT molecular complexity index is 424. The van der Waals surface area contributed by atoms with Gasteiger partial charge in [-0.15, -0.1) is 0 Å². The van der Waals surface area contributed by atoms with E-state index in [-0.39, 0.29) is 0 Å². The van der Waals surface area contributed by atoms with Crippen LogP contribution in [0.2, 0.25) is 0 Å². The molecular formula is C41H83. The zero-order chi connectivity index (χ0) is 29.7. The molecule has 1 atom stereocenters. The number of rotatable bonds is 37. The largest absolute Gasteiger partial charge is 0.0654 e. The Labute approximate surface area is 263 Å². The fraction of sp³-hybridized carbons (Fsp3) is 0.976. The average molecular weight is 576 g/mol. The minimum absolute atomic E-state index is 0.646. The smallest absolute Gasteiger partial charge is 0.0443 e. The first-order chi connectivity index (χ1) is 20.3. The standard InChI is InChI=1S/C41H83/c1-4-5-6-7-8-9-10-11-12-13-14-15-16-17-18-19-20-21-22-23-24-25-26-27-28-29-30-31-32-33-34-35-36-37-38-39-40-41(2)3/h41H,2,4-40H2,1,3H3. The van der Waals surface area contributed by atoms with Gasteiger partial charge in [0.15, 0.2) is 0 Å². The summed E-state index contributed by atoms with van der Waals surface area (Å²) in [7, 11) is 0. The summed E-state index contributed by atoms with van der Waals surface area (Å²) < 4.78 is 0. The van der Waals surface area contributed by atoms with Crippen molar-refractivity contribution in [3.63, 3.8) is 0 Å². The quantitative estimate of drug-likeness (QED) is 0.0646. The molecule has 1 unspecified atom stereocenters. The van der Waals surface area contributed by atoms with E-state index in [4.69, 9.17) is 0 Å². The molecule has 0 aliphatic heterocycles. The summed E-state index contributed by atoms with van der Waals surface area (Å²) in [5, 5.41) is 0. The van der Waals surface area contributed by atoms with Crippen molar-refractivity contribution in [2.75, 3.05) is 0 Å². The van der Waals surface area contributed by atoms with Crippen LogP contribution in [0.3, 0.4) is 0 Å². The molecule has 0 nitrogen and oxygen atoms in total. The molecule has 0 fully saturated rings. The first kappa shape index (κ1) is 41.0. The van der Waals surface area contributed by atoms with Gasteiger partial charge in [-0.05, 0) is 5.92 Å². The topological polar surface area (TPSA) is 0 Å². The Morgan fingerprint density at radius 2 is 0.415 bits per heavy atom. The van der Waals surface area contributed by atoms with Crippen LogP contribution in [0.25, 0.3) is 0 Å². The highest BCUT2D eigenvalue weighted by atomic mass is 14.0. The Hall–Kier alpha value is 0. The summed E-state index contributed by atoms with van der Waals surface area (Å²) in [6, 6.07) is 0. The lowest BCUT2D eigenvalue weighted by Gasteiger charge is -2.05. The van der Waals surface area contributed by atoms with Crippen LogP contribution in [0.4, 0.5) is 0 Å². The highest BCUT2D eigenvalue weighted by molar-refractivity contribution is 4.55. The highest BCUT2D eigenvalue weighted by Crippen LogP contribution is 2.17. The molecule has 1 radical (unpaired) electrons. The maximum Gasteiger partial charge on any atom is -0.0443 e. The number of unbranched alkanes of at least 4 members (excludes halogenated alkanes) is 35. The lowest BCUT2D eigenvalue weighted by atomic mass is 10.0. The summed E-state index contributed by atoms with van der Waals surface area (Å²) >= 11 is 0. The number of hydrogen-bond acceptors (Lipinski definition) is 0. The van der Waals surface area contributed by atoms with Gasteiger partial charge in [0.1, 0.15) is 0 Å². The number of hydrogen-bond donors (Lipinski definition) is 0. The Kier molecular flexibility index (Phi) is 38.0. The predicted molar refractivity (Wildman–Crippen MR) is 191 cm³/mol. The van der Waals surface area contributed by atoms with Crippen LogP contribution in [-0.4, -0.2) is 0 Å². The molecule has 0 aromatic carbocycles. The lowest BCUT2D eigenvalue weighted by Crippen LogP contribution is -1.87. The van der Waals surface area contributed by atoms with E-state index in [1.54, 1.807) is 0 Å². The van der Waals surface area contributed by atoms with Gasteiger partial charge in [-0.25, -0.2) is 0 Å². The second-order valence-corrected chi connectivity index (χ2v) is 14.3. The monoisotopic (exact) mass is 576 g/mol. The van der Waals surface area contributed by atoms with E-state index in [2.05, 4.69) is 20.8 Å².